The number of fused-ring (bicyclic) bond motifs is 1. The molecule has 0 fully saturated rings. The summed E-state index contributed by atoms with van der Waals surface area (Å²) in [6, 6.07) is 17.8. The summed E-state index contributed by atoms with van der Waals surface area (Å²) in [5, 5.41) is 14.6. The summed E-state index contributed by atoms with van der Waals surface area (Å²) in [4.78, 5) is 4.22. The molecule has 2 aromatic heterocycles. The number of aryl methyl sites for hydroxylation is 2. The summed E-state index contributed by atoms with van der Waals surface area (Å²) in [5.41, 5.74) is 13.4. The number of pyridine rings is 1. The van der Waals surface area contributed by atoms with E-state index in [2.05, 4.69) is 16.2 Å². The zero-order valence-electron chi connectivity index (χ0n) is 15.8. The number of hydrogen-bond donors (Lipinski definition) is 1. The molecule has 4 aromatic rings. The summed E-state index contributed by atoms with van der Waals surface area (Å²) in [6.45, 7) is 3.98. The number of nitrogens with zero attached hydrogens (tertiary/aromatic N) is 3. The van der Waals surface area contributed by atoms with Gasteiger partial charge in [0, 0.05) is 23.2 Å². The van der Waals surface area contributed by atoms with Crippen LogP contribution in [0.25, 0.3) is 22.2 Å². The molecule has 2 heterocycles. The van der Waals surface area contributed by atoms with Crippen molar-refractivity contribution in [1.82, 2.24) is 10.1 Å². The fraction of sp³-hybridized carbons (Fsp3) is 0.174. The molecule has 0 aliphatic heterocycles. The second-order valence-electron chi connectivity index (χ2n) is 7.06. The van der Waals surface area contributed by atoms with Crippen molar-refractivity contribution in [3.63, 3.8) is 0 Å². The zero-order chi connectivity index (χ0) is 19.7. The van der Waals surface area contributed by atoms with Gasteiger partial charge in [-0.15, -0.1) is 0 Å². The first-order valence-electron chi connectivity index (χ1n) is 9.13. The minimum absolute atomic E-state index is 0.302. The summed E-state index contributed by atoms with van der Waals surface area (Å²) >= 11 is 0. The second kappa shape index (κ2) is 7.26. The highest BCUT2D eigenvalue weighted by Crippen LogP contribution is 2.33. The van der Waals surface area contributed by atoms with Gasteiger partial charge in [0.2, 0.25) is 0 Å². The van der Waals surface area contributed by atoms with E-state index >= 15 is 0 Å². The third kappa shape index (κ3) is 3.26. The molecular weight excluding hydrogens is 348 g/mol. The smallest absolute Gasteiger partial charge is 0.167 e. The van der Waals surface area contributed by atoms with Gasteiger partial charge < -0.3 is 10.3 Å². The van der Waals surface area contributed by atoms with Crippen LogP contribution in [-0.2, 0) is 6.42 Å². The van der Waals surface area contributed by atoms with Gasteiger partial charge in [-0.2, -0.15) is 5.26 Å². The van der Waals surface area contributed by atoms with Crippen LogP contribution in [0.5, 0.6) is 0 Å². The van der Waals surface area contributed by atoms with E-state index in [0.29, 0.717) is 12.1 Å². The molecule has 0 amide bonds. The molecule has 0 radical (unpaired) electrons. The Labute approximate surface area is 163 Å². The SMILES string of the molecule is Cc1cnc(C#N)c(CC(N)c2ccccc2-c2noc3cc(C)ccc23)c1. The third-order valence-corrected chi connectivity index (χ3v) is 4.89. The van der Waals surface area contributed by atoms with Crippen molar-refractivity contribution in [1.29, 1.82) is 5.26 Å². The molecule has 5 heteroatoms. The summed E-state index contributed by atoms with van der Waals surface area (Å²) in [6.07, 6.45) is 2.22. The van der Waals surface area contributed by atoms with Gasteiger partial charge in [-0.3, -0.25) is 0 Å². The van der Waals surface area contributed by atoms with Crippen LogP contribution in [0, 0.1) is 25.2 Å². The largest absolute Gasteiger partial charge is 0.356 e. The van der Waals surface area contributed by atoms with Crippen LogP contribution in [0.1, 0.15) is 34.0 Å². The van der Waals surface area contributed by atoms with Gasteiger partial charge in [0.05, 0.1) is 0 Å². The third-order valence-electron chi connectivity index (χ3n) is 4.89. The van der Waals surface area contributed by atoms with E-state index < -0.39 is 0 Å². The Kier molecular flexibility index (Phi) is 4.64. The molecule has 0 bridgehead atoms. The summed E-state index contributed by atoms with van der Waals surface area (Å²) in [5.74, 6) is 0. The van der Waals surface area contributed by atoms with Crippen LogP contribution in [0.3, 0.4) is 0 Å². The number of hydrogen-bond acceptors (Lipinski definition) is 5. The van der Waals surface area contributed by atoms with E-state index in [9.17, 15) is 5.26 Å². The molecular formula is C23H20N4O. The predicted molar refractivity (Wildman–Crippen MR) is 109 cm³/mol. The van der Waals surface area contributed by atoms with E-state index in [4.69, 9.17) is 10.3 Å². The number of rotatable bonds is 4. The molecule has 0 aliphatic rings. The van der Waals surface area contributed by atoms with Crippen LogP contribution < -0.4 is 5.73 Å². The van der Waals surface area contributed by atoms with Gasteiger partial charge in [-0.1, -0.05) is 41.6 Å². The maximum atomic E-state index is 9.36. The first-order valence-corrected chi connectivity index (χ1v) is 9.13. The lowest BCUT2D eigenvalue weighted by atomic mass is 9.92. The van der Waals surface area contributed by atoms with Crippen LogP contribution in [-0.4, -0.2) is 10.1 Å². The molecule has 5 nitrogen and oxygen atoms in total. The minimum Gasteiger partial charge on any atom is -0.356 e. The van der Waals surface area contributed by atoms with Crippen molar-refractivity contribution in [2.45, 2.75) is 26.3 Å². The highest BCUT2D eigenvalue weighted by atomic mass is 16.5. The Morgan fingerprint density at radius 1 is 1.11 bits per heavy atom. The van der Waals surface area contributed by atoms with Crippen molar-refractivity contribution in [2.24, 2.45) is 5.73 Å². The van der Waals surface area contributed by atoms with Crippen LogP contribution in [0.15, 0.2) is 59.3 Å². The van der Waals surface area contributed by atoms with Crippen molar-refractivity contribution < 1.29 is 4.52 Å². The van der Waals surface area contributed by atoms with Crippen molar-refractivity contribution in [2.75, 3.05) is 0 Å². The Morgan fingerprint density at radius 2 is 1.93 bits per heavy atom. The average Bonchev–Trinajstić information content (AvgIpc) is 3.11. The quantitative estimate of drug-likeness (QED) is 0.568. The highest BCUT2D eigenvalue weighted by Gasteiger charge is 2.19. The van der Waals surface area contributed by atoms with E-state index in [1.54, 1.807) is 6.20 Å². The molecule has 1 unspecified atom stereocenters. The molecule has 2 N–H and O–H groups in total. The molecule has 138 valence electrons. The Bertz CT molecular complexity index is 1200. The molecule has 1 atom stereocenters. The lowest BCUT2D eigenvalue weighted by molar-refractivity contribution is 0.459. The Balaban J connectivity index is 1.76. The minimum atomic E-state index is -0.302. The molecule has 28 heavy (non-hydrogen) atoms. The van der Waals surface area contributed by atoms with Crippen molar-refractivity contribution in [3.8, 4) is 17.3 Å². The molecule has 4 rings (SSSR count). The molecule has 0 spiro atoms. The van der Waals surface area contributed by atoms with Crippen LogP contribution >= 0.6 is 0 Å². The average molecular weight is 368 g/mol. The van der Waals surface area contributed by atoms with Gasteiger partial charge in [0.15, 0.2) is 5.58 Å². The first-order chi connectivity index (χ1) is 13.6. The predicted octanol–water partition coefficient (Wildman–Crippen LogP) is 4.62. The standard InChI is InChI=1S/C23H20N4O/c1-14-7-8-19-22(10-14)28-27-23(19)18-6-4-3-5-17(18)20(25)11-16-9-15(2)13-26-21(16)12-24/h3-10,13,20H,11,25H2,1-2H3. The molecule has 0 saturated carbocycles. The van der Waals surface area contributed by atoms with E-state index in [-0.39, 0.29) is 6.04 Å². The summed E-state index contributed by atoms with van der Waals surface area (Å²) in [7, 11) is 0. The monoisotopic (exact) mass is 368 g/mol. The number of benzene rings is 2. The Morgan fingerprint density at radius 3 is 2.75 bits per heavy atom. The molecule has 2 aromatic carbocycles. The fourth-order valence-corrected chi connectivity index (χ4v) is 3.51. The maximum Gasteiger partial charge on any atom is 0.167 e. The normalized spacial score (nSPS) is 12.1. The molecule has 0 saturated heterocycles. The topological polar surface area (TPSA) is 88.7 Å². The molecule has 0 aliphatic carbocycles. The van der Waals surface area contributed by atoms with Crippen molar-refractivity contribution >= 4 is 11.0 Å². The number of aromatic nitrogens is 2. The van der Waals surface area contributed by atoms with E-state index in [1.165, 1.54) is 0 Å². The maximum absolute atomic E-state index is 9.36. The fourth-order valence-electron chi connectivity index (χ4n) is 3.51. The van der Waals surface area contributed by atoms with Crippen molar-refractivity contribution in [3.05, 3.63) is 82.7 Å². The summed E-state index contributed by atoms with van der Waals surface area (Å²) < 4.78 is 5.55. The van der Waals surface area contributed by atoms with Gasteiger partial charge in [-0.25, -0.2) is 4.98 Å². The van der Waals surface area contributed by atoms with Crippen LogP contribution in [0.4, 0.5) is 0 Å². The van der Waals surface area contributed by atoms with Gasteiger partial charge >= 0.3 is 0 Å². The number of nitriles is 1. The lowest BCUT2D eigenvalue weighted by Crippen LogP contribution is -2.15. The van der Waals surface area contributed by atoms with Crippen LogP contribution in [0.2, 0.25) is 0 Å². The number of nitrogens with two attached hydrogens (primary N) is 1. The van der Waals surface area contributed by atoms with E-state index in [1.807, 2.05) is 62.4 Å². The zero-order valence-corrected chi connectivity index (χ0v) is 15.8. The highest BCUT2D eigenvalue weighted by molar-refractivity contribution is 5.92. The lowest BCUT2D eigenvalue weighted by Gasteiger charge is -2.16. The first kappa shape index (κ1) is 17.9. The van der Waals surface area contributed by atoms with Gasteiger partial charge in [-0.05, 0) is 54.7 Å². The second-order valence-corrected chi connectivity index (χ2v) is 7.06. The van der Waals surface area contributed by atoms with Gasteiger partial charge in [0.1, 0.15) is 17.5 Å². The van der Waals surface area contributed by atoms with E-state index in [0.717, 1.165) is 44.5 Å². The Hall–Kier alpha value is -3.49. The van der Waals surface area contributed by atoms with Gasteiger partial charge in [0.25, 0.3) is 0 Å².